The van der Waals surface area contributed by atoms with E-state index in [1.165, 1.54) is 11.8 Å². The smallest absolute Gasteiger partial charge is 0.229 e. The molecule has 4 heteroatoms. The minimum absolute atomic E-state index is 0.0903. The van der Waals surface area contributed by atoms with E-state index in [1.54, 1.807) is 12.1 Å². The van der Waals surface area contributed by atoms with Crippen LogP contribution in [0.25, 0.3) is 0 Å². The Hall–Kier alpha value is -1.35. The Bertz CT molecular complexity index is 427. The zero-order chi connectivity index (χ0) is 11.7. The van der Waals surface area contributed by atoms with Crippen LogP contribution in [0.2, 0.25) is 5.02 Å². The Balaban J connectivity index is 2.16. The van der Waals surface area contributed by atoms with E-state index in [0.717, 1.165) is 5.56 Å². The summed E-state index contributed by atoms with van der Waals surface area (Å²) in [4.78, 5) is 24.0. The topological polar surface area (TPSA) is 37.4 Å². The summed E-state index contributed by atoms with van der Waals surface area (Å²) in [7, 11) is 0. The number of halogens is 1. The molecule has 2 amide bonds. The van der Waals surface area contributed by atoms with E-state index in [0.29, 0.717) is 18.0 Å². The van der Waals surface area contributed by atoms with Crippen LogP contribution < -0.4 is 0 Å². The van der Waals surface area contributed by atoms with Gasteiger partial charge in [-0.15, -0.1) is 0 Å². The molecule has 1 fully saturated rings. The molecule has 1 aliphatic heterocycles. The van der Waals surface area contributed by atoms with Crippen LogP contribution in [0.5, 0.6) is 0 Å². The van der Waals surface area contributed by atoms with Crippen LogP contribution in [0.3, 0.4) is 0 Å². The summed E-state index contributed by atoms with van der Waals surface area (Å²) < 4.78 is 0. The Morgan fingerprint density at radius 1 is 1.38 bits per heavy atom. The van der Waals surface area contributed by atoms with Gasteiger partial charge in [0.2, 0.25) is 11.8 Å². The monoisotopic (exact) mass is 237 g/mol. The van der Waals surface area contributed by atoms with Crippen LogP contribution in [0.1, 0.15) is 24.8 Å². The van der Waals surface area contributed by atoms with E-state index in [-0.39, 0.29) is 17.7 Å². The van der Waals surface area contributed by atoms with Gasteiger partial charge in [0.15, 0.2) is 0 Å². The van der Waals surface area contributed by atoms with Crippen LogP contribution in [-0.4, -0.2) is 23.3 Å². The molecule has 1 aliphatic rings. The summed E-state index contributed by atoms with van der Waals surface area (Å²) in [5.74, 6) is -0.164. The third-order valence-electron chi connectivity index (χ3n) is 2.85. The van der Waals surface area contributed by atoms with E-state index >= 15 is 0 Å². The van der Waals surface area contributed by atoms with Gasteiger partial charge in [-0.3, -0.25) is 14.5 Å². The van der Waals surface area contributed by atoms with Crippen molar-refractivity contribution in [3.63, 3.8) is 0 Å². The van der Waals surface area contributed by atoms with Gasteiger partial charge in [0, 0.05) is 30.8 Å². The fourth-order valence-electron chi connectivity index (χ4n) is 1.97. The lowest BCUT2D eigenvalue weighted by Crippen LogP contribution is -2.29. The lowest BCUT2D eigenvalue weighted by atomic mass is 9.98. The van der Waals surface area contributed by atoms with Gasteiger partial charge in [-0.05, 0) is 17.7 Å². The first-order valence-corrected chi connectivity index (χ1v) is 5.52. The van der Waals surface area contributed by atoms with Crippen molar-refractivity contribution in [1.29, 1.82) is 0 Å². The van der Waals surface area contributed by atoms with Gasteiger partial charge in [0.1, 0.15) is 0 Å². The number of carbonyl (C=O) groups excluding carboxylic acids is 2. The average molecular weight is 238 g/mol. The zero-order valence-electron chi connectivity index (χ0n) is 8.94. The van der Waals surface area contributed by atoms with E-state index in [1.807, 2.05) is 12.1 Å². The number of rotatable bonds is 1. The summed E-state index contributed by atoms with van der Waals surface area (Å²) in [6.45, 7) is 1.90. The van der Waals surface area contributed by atoms with E-state index < -0.39 is 0 Å². The maximum absolute atomic E-state index is 11.5. The van der Waals surface area contributed by atoms with Crippen molar-refractivity contribution in [2.24, 2.45) is 0 Å². The molecule has 1 aromatic carbocycles. The molecule has 0 radical (unpaired) electrons. The highest BCUT2D eigenvalue weighted by Gasteiger charge is 2.32. The van der Waals surface area contributed by atoms with E-state index in [2.05, 4.69) is 0 Å². The number of amides is 2. The average Bonchev–Trinajstić information content (AvgIpc) is 2.61. The van der Waals surface area contributed by atoms with Gasteiger partial charge in [-0.2, -0.15) is 0 Å². The molecule has 1 aromatic rings. The number of carbonyl (C=O) groups is 2. The Kier molecular flexibility index (Phi) is 2.97. The summed E-state index contributed by atoms with van der Waals surface area (Å²) in [5.41, 5.74) is 1.06. The van der Waals surface area contributed by atoms with Crippen molar-refractivity contribution in [2.75, 3.05) is 6.54 Å². The Morgan fingerprint density at radius 3 is 2.50 bits per heavy atom. The highest BCUT2D eigenvalue weighted by Crippen LogP contribution is 2.28. The fraction of sp³-hybridized carbons (Fsp3) is 0.333. The van der Waals surface area contributed by atoms with Gasteiger partial charge >= 0.3 is 0 Å². The number of likely N-dealkylation sites (tertiary alicyclic amines) is 1. The number of hydrogen-bond acceptors (Lipinski definition) is 2. The van der Waals surface area contributed by atoms with Crippen LogP contribution in [0, 0.1) is 0 Å². The molecule has 1 saturated heterocycles. The zero-order valence-corrected chi connectivity index (χ0v) is 9.70. The third kappa shape index (κ3) is 2.09. The number of imide groups is 1. The third-order valence-corrected chi connectivity index (χ3v) is 3.10. The van der Waals surface area contributed by atoms with Crippen molar-refractivity contribution in [1.82, 2.24) is 4.90 Å². The quantitative estimate of drug-likeness (QED) is 0.751. The number of hydrogen-bond donors (Lipinski definition) is 0. The van der Waals surface area contributed by atoms with Crippen LogP contribution in [0.4, 0.5) is 0 Å². The molecular weight excluding hydrogens is 226 g/mol. The van der Waals surface area contributed by atoms with E-state index in [9.17, 15) is 9.59 Å². The van der Waals surface area contributed by atoms with Crippen molar-refractivity contribution < 1.29 is 9.59 Å². The second-order valence-electron chi connectivity index (χ2n) is 3.98. The van der Waals surface area contributed by atoms with Gasteiger partial charge in [-0.25, -0.2) is 0 Å². The first-order chi connectivity index (χ1) is 7.58. The molecule has 16 heavy (non-hydrogen) atoms. The molecule has 1 atom stereocenters. The predicted molar refractivity (Wildman–Crippen MR) is 61.2 cm³/mol. The molecule has 1 unspecified atom stereocenters. The molecule has 0 saturated carbocycles. The Labute approximate surface area is 99.0 Å². The molecule has 84 valence electrons. The highest BCUT2D eigenvalue weighted by atomic mass is 35.5. The first kappa shape index (κ1) is 11.1. The SMILES string of the molecule is CC(=O)N1CC(c2ccc(Cl)cc2)CC1=O. The lowest BCUT2D eigenvalue weighted by Gasteiger charge is -2.12. The van der Waals surface area contributed by atoms with Gasteiger partial charge in [0.05, 0.1) is 0 Å². The second-order valence-corrected chi connectivity index (χ2v) is 4.41. The van der Waals surface area contributed by atoms with Gasteiger partial charge < -0.3 is 0 Å². The molecular formula is C12H12ClNO2. The largest absolute Gasteiger partial charge is 0.282 e. The summed E-state index contributed by atoms with van der Waals surface area (Å²) >= 11 is 5.79. The molecule has 0 spiro atoms. The van der Waals surface area contributed by atoms with Gasteiger partial charge in [-0.1, -0.05) is 23.7 Å². The summed E-state index contributed by atoms with van der Waals surface area (Å²) in [5, 5.41) is 0.677. The molecule has 2 rings (SSSR count). The molecule has 0 bridgehead atoms. The van der Waals surface area contributed by atoms with Crippen molar-refractivity contribution in [3.05, 3.63) is 34.9 Å². The first-order valence-electron chi connectivity index (χ1n) is 5.14. The molecule has 0 aliphatic carbocycles. The Morgan fingerprint density at radius 2 is 2.00 bits per heavy atom. The van der Waals surface area contributed by atoms with E-state index in [4.69, 9.17) is 11.6 Å². The van der Waals surface area contributed by atoms with Gasteiger partial charge in [0.25, 0.3) is 0 Å². The van der Waals surface area contributed by atoms with Crippen molar-refractivity contribution in [2.45, 2.75) is 19.3 Å². The fourth-order valence-corrected chi connectivity index (χ4v) is 2.10. The second kappa shape index (κ2) is 4.26. The number of nitrogens with zero attached hydrogens (tertiary/aromatic N) is 1. The molecule has 0 N–H and O–H groups in total. The highest BCUT2D eigenvalue weighted by molar-refractivity contribution is 6.30. The maximum Gasteiger partial charge on any atom is 0.229 e. The normalized spacial score (nSPS) is 20.2. The minimum atomic E-state index is -0.179. The van der Waals surface area contributed by atoms with Crippen LogP contribution in [0.15, 0.2) is 24.3 Å². The molecule has 1 heterocycles. The minimum Gasteiger partial charge on any atom is -0.282 e. The van der Waals surface area contributed by atoms with Crippen molar-refractivity contribution in [3.8, 4) is 0 Å². The number of benzene rings is 1. The maximum atomic E-state index is 11.5. The standard InChI is InChI=1S/C12H12ClNO2/c1-8(15)14-7-10(6-12(14)16)9-2-4-11(13)5-3-9/h2-5,10H,6-7H2,1H3. The lowest BCUT2D eigenvalue weighted by molar-refractivity contribution is -0.140. The molecule has 3 nitrogen and oxygen atoms in total. The van der Waals surface area contributed by atoms with Crippen LogP contribution in [-0.2, 0) is 9.59 Å². The molecule has 0 aromatic heterocycles. The van der Waals surface area contributed by atoms with Crippen molar-refractivity contribution >= 4 is 23.4 Å². The summed E-state index contributed by atoms with van der Waals surface area (Å²) in [6.07, 6.45) is 0.404. The van der Waals surface area contributed by atoms with Crippen LogP contribution >= 0.6 is 11.6 Å². The predicted octanol–water partition coefficient (Wildman–Crippen LogP) is 2.20. The summed E-state index contributed by atoms with van der Waals surface area (Å²) in [6, 6.07) is 7.42.